The fourth-order valence-electron chi connectivity index (χ4n) is 2.89. The maximum absolute atomic E-state index is 11.4. The summed E-state index contributed by atoms with van der Waals surface area (Å²) in [6, 6.07) is 14.1. The number of rotatable bonds is 9. The zero-order chi connectivity index (χ0) is 19.9. The number of esters is 1. The van der Waals surface area contributed by atoms with Gasteiger partial charge in [-0.2, -0.15) is 0 Å². The van der Waals surface area contributed by atoms with E-state index in [1.165, 1.54) is 6.07 Å². The molecular weight excluding hydrogens is 360 g/mol. The Hall–Kier alpha value is -3.28. The predicted octanol–water partition coefficient (Wildman–Crippen LogP) is 4.91. The third-order valence-electron chi connectivity index (χ3n) is 4.25. The normalized spacial score (nSPS) is 10.8. The Kier molecular flexibility index (Phi) is 6.32. The maximum Gasteiger partial charge on any atom is 0.335 e. The van der Waals surface area contributed by atoms with Crippen LogP contribution in [-0.2, 0) is 9.53 Å². The van der Waals surface area contributed by atoms with E-state index in [2.05, 4.69) is 0 Å². The molecule has 1 N–H and O–H groups in total. The van der Waals surface area contributed by atoms with Gasteiger partial charge in [0.1, 0.15) is 17.1 Å². The van der Waals surface area contributed by atoms with Crippen molar-refractivity contribution in [1.29, 1.82) is 0 Å². The summed E-state index contributed by atoms with van der Waals surface area (Å²) in [6.45, 7) is 2.66. The Balaban J connectivity index is 1.69. The first-order valence-electron chi connectivity index (χ1n) is 9.23. The van der Waals surface area contributed by atoms with Crippen LogP contribution in [-0.4, -0.2) is 30.3 Å². The molecule has 0 saturated carbocycles. The van der Waals surface area contributed by atoms with E-state index < -0.39 is 5.97 Å². The number of unbranched alkanes of at least 4 members (excludes halogenated alkanes) is 1. The lowest BCUT2D eigenvalue weighted by atomic mass is 10.1. The summed E-state index contributed by atoms with van der Waals surface area (Å²) in [5.74, 6) is 0.123. The second-order valence-corrected chi connectivity index (χ2v) is 6.28. The summed E-state index contributed by atoms with van der Waals surface area (Å²) in [5.41, 5.74) is 1.62. The van der Waals surface area contributed by atoms with E-state index in [0.29, 0.717) is 43.1 Å². The lowest BCUT2D eigenvalue weighted by molar-refractivity contribution is -0.143. The van der Waals surface area contributed by atoms with Crippen LogP contribution in [0.4, 0.5) is 0 Å². The van der Waals surface area contributed by atoms with Gasteiger partial charge in [-0.3, -0.25) is 4.79 Å². The molecule has 0 fully saturated rings. The zero-order valence-corrected chi connectivity index (χ0v) is 15.6. The summed E-state index contributed by atoms with van der Waals surface area (Å²) in [6.07, 6.45) is 1.81. The standard InChI is InChI=1S/C22H22O6/c1-2-26-21(23)9-5-6-12-27-19-8-4-3-7-17(19)20-14-16-13-15(22(24)25)10-11-18(16)28-20/h3-4,7-8,10-11,13-14H,2,5-6,9,12H2,1H3,(H,24,25). The van der Waals surface area contributed by atoms with Crippen molar-refractivity contribution < 1.29 is 28.6 Å². The van der Waals surface area contributed by atoms with Crippen molar-refractivity contribution in [1.82, 2.24) is 0 Å². The molecule has 0 spiro atoms. The van der Waals surface area contributed by atoms with Crippen LogP contribution in [0.3, 0.4) is 0 Å². The molecular formula is C22H22O6. The van der Waals surface area contributed by atoms with Gasteiger partial charge in [-0.05, 0) is 56.2 Å². The number of para-hydroxylation sites is 1. The van der Waals surface area contributed by atoms with Gasteiger partial charge in [0.15, 0.2) is 0 Å². The number of aromatic carboxylic acids is 1. The molecule has 1 aromatic heterocycles. The molecule has 3 rings (SSSR count). The van der Waals surface area contributed by atoms with Crippen molar-refractivity contribution in [3.63, 3.8) is 0 Å². The summed E-state index contributed by atoms with van der Waals surface area (Å²) in [4.78, 5) is 22.5. The van der Waals surface area contributed by atoms with E-state index in [1.807, 2.05) is 30.3 Å². The maximum atomic E-state index is 11.4. The summed E-state index contributed by atoms with van der Waals surface area (Å²) in [5, 5.41) is 9.86. The minimum atomic E-state index is -0.976. The molecule has 0 aliphatic carbocycles. The monoisotopic (exact) mass is 382 g/mol. The fourth-order valence-corrected chi connectivity index (χ4v) is 2.89. The Morgan fingerprint density at radius 3 is 2.68 bits per heavy atom. The first kappa shape index (κ1) is 19.5. The van der Waals surface area contributed by atoms with Crippen molar-refractivity contribution in [2.75, 3.05) is 13.2 Å². The highest BCUT2D eigenvalue weighted by Crippen LogP contribution is 2.34. The van der Waals surface area contributed by atoms with Crippen LogP contribution in [0, 0.1) is 0 Å². The molecule has 6 nitrogen and oxygen atoms in total. The van der Waals surface area contributed by atoms with E-state index in [9.17, 15) is 9.59 Å². The number of benzene rings is 2. The molecule has 0 amide bonds. The summed E-state index contributed by atoms with van der Waals surface area (Å²) in [7, 11) is 0. The van der Waals surface area contributed by atoms with Crippen LogP contribution in [0.1, 0.15) is 36.5 Å². The molecule has 0 bridgehead atoms. The number of carboxylic acid groups (broad SMARTS) is 1. The highest BCUT2D eigenvalue weighted by Gasteiger charge is 2.13. The number of carbonyl (C=O) groups excluding carboxylic acids is 1. The zero-order valence-electron chi connectivity index (χ0n) is 15.6. The van der Waals surface area contributed by atoms with Crippen molar-refractivity contribution in [3.05, 3.63) is 54.1 Å². The van der Waals surface area contributed by atoms with Crippen LogP contribution >= 0.6 is 0 Å². The Morgan fingerprint density at radius 1 is 1.07 bits per heavy atom. The first-order chi connectivity index (χ1) is 13.6. The van der Waals surface area contributed by atoms with Gasteiger partial charge >= 0.3 is 11.9 Å². The summed E-state index contributed by atoms with van der Waals surface area (Å²) < 4.78 is 16.7. The molecule has 1 heterocycles. The second-order valence-electron chi connectivity index (χ2n) is 6.28. The highest BCUT2D eigenvalue weighted by atomic mass is 16.5. The van der Waals surface area contributed by atoms with Gasteiger partial charge in [0.2, 0.25) is 0 Å². The number of fused-ring (bicyclic) bond motifs is 1. The van der Waals surface area contributed by atoms with Gasteiger partial charge in [-0.25, -0.2) is 4.79 Å². The van der Waals surface area contributed by atoms with Crippen molar-refractivity contribution in [2.24, 2.45) is 0 Å². The number of carbonyl (C=O) groups is 2. The van der Waals surface area contributed by atoms with Gasteiger partial charge in [-0.1, -0.05) is 12.1 Å². The SMILES string of the molecule is CCOC(=O)CCCCOc1ccccc1-c1cc2cc(C(=O)O)ccc2o1. The predicted molar refractivity (Wildman–Crippen MR) is 105 cm³/mol. The van der Waals surface area contributed by atoms with Gasteiger partial charge in [0, 0.05) is 11.8 Å². The largest absolute Gasteiger partial charge is 0.493 e. The molecule has 0 aliphatic rings. The minimum Gasteiger partial charge on any atom is -0.493 e. The van der Waals surface area contributed by atoms with Crippen molar-refractivity contribution >= 4 is 22.9 Å². The molecule has 0 atom stereocenters. The van der Waals surface area contributed by atoms with Crippen LogP contribution in [0.15, 0.2) is 52.9 Å². The number of ether oxygens (including phenoxy) is 2. The minimum absolute atomic E-state index is 0.189. The Bertz CT molecular complexity index is 972. The Labute approximate surface area is 162 Å². The topological polar surface area (TPSA) is 86.0 Å². The molecule has 146 valence electrons. The smallest absolute Gasteiger partial charge is 0.335 e. The quantitative estimate of drug-likeness (QED) is 0.418. The van der Waals surface area contributed by atoms with E-state index in [1.54, 1.807) is 19.1 Å². The lowest BCUT2D eigenvalue weighted by Gasteiger charge is -2.09. The van der Waals surface area contributed by atoms with E-state index in [-0.39, 0.29) is 11.5 Å². The van der Waals surface area contributed by atoms with E-state index in [0.717, 1.165) is 17.4 Å². The molecule has 28 heavy (non-hydrogen) atoms. The number of furan rings is 1. The fraction of sp³-hybridized carbons (Fsp3) is 0.273. The average molecular weight is 382 g/mol. The molecule has 6 heteroatoms. The molecule has 2 aromatic carbocycles. The van der Waals surface area contributed by atoms with E-state index in [4.69, 9.17) is 19.0 Å². The highest BCUT2D eigenvalue weighted by molar-refractivity contribution is 5.94. The Morgan fingerprint density at radius 2 is 1.89 bits per heavy atom. The van der Waals surface area contributed by atoms with Crippen molar-refractivity contribution in [3.8, 4) is 17.1 Å². The van der Waals surface area contributed by atoms with Gasteiger partial charge in [0.05, 0.1) is 24.3 Å². The molecule has 3 aromatic rings. The molecule has 0 aliphatic heterocycles. The van der Waals surface area contributed by atoms with Crippen LogP contribution in [0.2, 0.25) is 0 Å². The molecule has 0 saturated heterocycles. The molecule has 0 unspecified atom stereocenters. The number of hydrogen-bond donors (Lipinski definition) is 1. The van der Waals surface area contributed by atoms with Gasteiger partial charge in [-0.15, -0.1) is 0 Å². The second kappa shape index (κ2) is 9.08. The van der Waals surface area contributed by atoms with Gasteiger partial charge < -0.3 is 19.0 Å². The average Bonchev–Trinajstić information content (AvgIpc) is 3.11. The van der Waals surface area contributed by atoms with Crippen molar-refractivity contribution in [2.45, 2.75) is 26.2 Å². The van der Waals surface area contributed by atoms with E-state index >= 15 is 0 Å². The van der Waals surface area contributed by atoms with Gasteiger partial charge in [0.25, 0.3) is 0 Å². The van der Waals surface area contributed by atoms with Crippen LogP contribution < -0.4 is 4.74 Å². The number of hydrogen-bond acceptors (Lipinski definition) is 5. The molecule has 0 radical (unpaired) electrons. The third-order valence-corrected chi connectivity index (χ3v) is 4.25. The third kappa shape index (κ3) is 4.71. The summed E-state index contributed by atoms with van der Waals surface area (Å²) >= 11 is 0. The van der Waals surface area contributed by atoms with Crippen LogP contribution in [0.25, 0.3) is 22.3 Å². The number of carboxylic acids is 1. The lowest BCUT2D eigenvalue weighted by Crippen LogP contribution is -2.05. The van der Waals surface area contributed by atoms with Crippen LogP contribution in [0.5, 0.6) is 5.75 Å². The first-order valence-corrected chi connectivity index (χ1v) is 9.23.